The van der Waals surface area contributed by atoms with Crippen molar-refractivity contribution in [2.24, 2.45) is 7.05 Å². The molecular weight excluding hydrogens is 316 g/mol. The average molecular weight is 340 g/mol. The Morgan fingerprint density at radius 1 is 1.24 bits per heavy atom. The van der Waals surface area contributed by atoms with Crippen LogP contribution in [0, 0.1) is 0 Å². The Morgan fingerprint density at radius 3 is 2.72 bits per heavy atom. The monoisotopic (exact) mass is 340 g/mol. The van der Waals surface area contributed by atoms with Crippen LogP contribution in [0.25, 0.3) is 21.8 Å². The van der Waals surface area contributed by atoms with Gasteiger partial charge in [-0.05, 0) is 18.9 Å². The highest BCUT2D eigenvalue weighted by atomic mass is 16.2. The van der Waals surface area contributed by atoms with Gasteiger partial charge in [-0.3, -0.25) is 9.59 Å². The van der Waals surface area contributed by atoms with Crippen LogP contribution in [0.15, 0.2) is 35.3 Å². The molecule has 0 bridgehead atoms. The number of nitrogens with zero attached hydrogens (tertiary/aromatic N) is 3. The van der Waals surface area contributed by atoms with E-state index in [9.17, 15) is 9.59 Å². The van der Waals surface area contributed by atoms with Crippen molar-refractivity contribution in [3.8, 4) is 0 Å². The topological polar surface area (TPSA) is 68.9 Å². The van der Waals surface area contributed by atoms with Crippen LogP contribution in [-0.4, -0.2) is 26.8 Å². The summed E-state index contributed by atoms with van der Waals surface area (Å²) < 4.78 is 3.20. The first-order valence-corrected chi connectivity index (χ1v) is 8.82. The Balaban J connectivity index is 2.23. The predicted molar refractivity (Wildman–Crippen MR) is 99.7 cm³/mol. The second-order valence-electron chi connectivity index (χ2n) is 6.29. The summed E-state index contributed by atoms with van der Waals surface area (Å²) in [6.45, 7) is 4.71. The molecule has 1 amide bonds. The summed E-state index contributed by atoms with van der Waals surface area (Å²) in [5, 5.41) is 8.89. The van der Waals surface area contributed by atoms with E-state index in [1.54, 1.807) is 13.2 Å². The third-order valence-electron chi connectivity index (χ3n) is 4.64. The zero-order valence-electron chi connectivity index (χ0n) is 15.0. The number of aryl methyl sites for hydroxylation is 1. The summed E-state index contributed by atoms with van der Waals surface area (Å²) in [6.07, 6.45) is 4.29. The first-order chi connectivity index (χ1) is 12.1. The number of amides is 1. The lowest BCUT2D eigenvalue weighted by Gasteiger charge is -2.19. The first-order valence-electron chi connectivity index (χ1n) is 8.82. The second-order valence-corrected chi connectivity index (χ2v) is 6.29. The molecule has 1 unspecified atom stereocenters. The Hall–Kier alpha value is -2.63. The summed E-state index contributed by atoms with van der Waals surface area (Å²) in [7, 11) is 1.63. The van der Waals surface area contributed by atoms with Gasteiger partial charge in [0.2, 0.25) is 5.91 Å². The number of aromatic nitrogens is 3. The van der Waals surface area contributed by atoms with E-state index in [1.807, 2.05) is 35.8 Å². The van der Waals surface area contributed by atoms with Gasteiger partial charge in [0.05, 0.1) is 11.7 Å². The molecule has 1 atom stereocenters. The van der Waals surface area contributed by atoms with Crippen molar-refractivity contribution in [1.29, 1.82) is 0 Å². The molecule has 0 spiro atoms. The van der Waals surface area contributed by atoms with Crippen LogP contribution in [-0.2, 0) is 11.8 Å². The van der Waals surface area contributed by atoms with Gasteiger partial charge < -0.3 is 9.88 Å². The molecule has 2 aromatic heterocycles. The minimum Gasteiger partial charge on any atom is -0.354 e. The van der Waals surface area contributed by atoms with Crippen LogP contribution in [0.5, 0.6) is 0 Å². The minimum absolute atomic E-state index is 0.0440. The van der Waals surface area contributed by atoms with E-state index in [-0.39, 0.29) is 11.5 Å². The summed E-state index contributed by atoms with van der Waals surface area (Å²) in [4.78, 5) is 25.5. The maximum atomic E-state index is 12.8. The number of unbranched alkanes of at least 4 members (excludes halogenated alkanes) is 1. The predicted octanol–water partition coefficient (Wildman–Crippen LogP) is 2.76. The first kappa shape index (κ1) is 17.2. The number of carbonyl (C=O) groups is 1. The fourth-order valence-corrected chi connectivity index (χ4v) is 3.30. The van der Waals surface area contributed by atoms with Gasteiger partial charge in [0.15, 0.2) is 0 Å². The van der Waals surface area contributed by atoms with Crippen molar-refractivity contribution in [2.75, 3.05) is 6.54 Å². The number of carbonyl (C=O) groups excluding carboxylic acids is 1. The van der Waals surface area contributed by atoms with Crippen LogP contribution in [0.4, 0.5) is 0 Å². The Bertz CT molecular complexity index is 971. The average Bonchev–Trinajstić information content (AvgIpc) is 2.94. The molecule has 1 N–H and O–H groups in total. The molecule has 25 heavy (non-hydrogen) atoms. The molecule has 132 valence electrons. The molecule has 0 aliphatic rings. The molecule has 0 radical (unpaired) electrons. The number of fused-ring (bicyclic) bond motifs is 3. The van der Waals surface area contributed by atoms with Gasteiger partial charge in [0.25, 0.3) is 5.56 Å². The van der Waals surface area contributed by atoms with Gasteiger partial charge in [-0.1, -0.05) is 38.5 Å². The van der Waals surface area contributed by atoms with Crippen molar-refractivity contribution >= 4 is 27.7 Å². The molecule has 3 rings (SSSR count). The fraction of sp³-hybridized carbons (Fsp3) is 0.421. The van der Waals surface area contributed by atoms with Crippen LogP contribution in [0.2, 0.25) is 0 Å². The number of para-hydroxylation sites is 1. The van der Waals surface area contributed by atoms with Crippen molar-refractivity contribution in [2.45, 2.75) is 39.2 Å². The van der Waals surface area contributed by atoms with Gasteiger partial charge in [0.1, 0.15) is 11.6 Å². The lowest BCUT2D eigenvalue weighted by molar-refractivity contribution is -0.124. The van der Waals surface area contributed by atoms with E-state index in [0.717, 1.165) is 29.1 Å². The highest BCUT2D eigenvalue weighted by molar-refractivity contribution is 6.08. The fourth-order valence-electron chi connectivity index (χ4n) is 3.30. The van der Waals surface area contributed by atoms with E-state index in [1.165, 1.54) is 4.68 Å². The van der Waals surface area contributed by atoms with Gasteiger partial charge >= 0.3 is 0 Å². The summed E-state index contributed by atoms with van der Waals surface area (Å²) >= 11 is 0. The molecule has 0 saturated heterocycles. The number of hydrogen-bond acceptors (Lipinski definition) is 3. The zero-order chi connectivity index (χ0) is 18.0. The molecule has 6 nitrogen and oxygen atoms in total. The van der Waals surface area contributed by atoms with Crippen LogP contribution >= 0.6 is 0 Å². The Kier molecular flexibility index (Phi) is 4.88. The molecule has 3 aromatic rings. The maximum Gasteiger partial charge on any atom is 0.291 e. The maximum absolute atomic E-state index is 12.8. The van der Waals surface area contributed by atoms with Crippen LogP contribution < -0.4 is 10.9 Å². The summed E-state index contributed by atoms with van der Waals surface area (Å²) in [5.74, 6) is -0.0440. The van der Waals surface area contributed by atoms with Crippen LogP contribution in [0.3, 0.4) is 0 Å². The zero-order valence-corrected chi connectivity index (χ0v) is 15.0. The summed E-state index contributed by atoms with van der Waals surface area (Å²) in [5.41, 5.74) is 1.24. The van der Waals surface area contributed by atoms with E-state index in [2.05, 4.69) is 17.3 Å². The highest BCUT2D eigenvalue weighted by Gasteiger charge is 2.25. The third kappa shape index (κ3) is 2.92. The van der Waals surface area contributed by atoms with E-state index < -0.39 is 6.04 Å². The molecule has 1 aromatic carbocycles. The largest absolute Gasteiger partial charge is 0.354 e. The molecule has 0 fully saturated rings. The molecule has 2 heterocycles. The van der Waals surface area contributed by atoms with Gasteiger partial charge in [0, 0.05) is 24.4 Å². The number of hydrogen-bond donors (Lipinski definition) is 1. The highest BCUT2D eigenvalue weighted by Crippen LogP contribution is 2.30. The van der Waals surface area contributed by atoms with Crippen molar-refractivity contribution in [3.05, 3.63) is 40.8 Å². The van der Waals surface area contributed by atoms with Crippen molar-refractivity contribution in [3.63, 3.8) is 0 Å². The lowest BCUT2D eigenvalue weighted by atomic mass is 10.2. The second kappa shape index (κ2) is 7.09. The molecule has 0 saturated carbocycles. The van der Waals surface area contributed by atoms with E-state index in [4.69, 9.17) is 0 Å². The van der Waals surface area contributed by atoms with E-state index in [0.29, 0.717) is 18.5 Å². The normalized spacial score (nSPS) is 12.6. The Labute approximate surface area is 146 Å². The van der Waals surface area contributed by atoms with Crippen LogP contribution in [0.1, 0.15) is 39.2 Å². The van der Waals surface area contributed by atoms with E-state index >= 15 is 0 Å². The standard InChI is InChI=1S/C19H24N4O2/c1-4-6-11-20-18(24)15(5-2)23-16-10-8-7-9-13(16)14-12-21-22(3)19(25)17(14)23/h7-10,12,15H,4-6,11H2,1-3H3,(H,20,24). The van der Waals surface area contributed by atoms with Crippen molar-refractivity contribution < 1.29 is 4.79 Å². The molecule has 0 aliphatic carbocycles. The third-order valence-corrected chi connectivity index (χ3v) is 4.64. The Morgan fingerprint density at radius 2 is 2.00 bits per heavy atom. The minimum atomic E-state index is -0.422. The number of rotatable bonds is 6. The number of benzene rings is 1. The van der Waals surface area contributed by atoms with Gasteiger partial charge in [-0.25, -0.2) is 4.68 Å². The SMILES string of the molecule is CCCCNC(=O)C(CC)n1c2ccccc2c2cnn(C)c(=O)c21. The molecular formula is C19H24N4O2. The lowest BCUT2D eigenvalue weighted by Crippen LogP contribution is -2.34. The quantitative estimate of drug-likeness (QED) is 0.702. The summed E-state index contributed by atoms with van der Waals surface area (Å²) in [6, 6.07) is 7.37. The van der Waals surface area contributed by atoms with Gasteiger partial charge in [-0.2, -0.15) is 5.10 Å². The molecule has 0 aliphatic heterocycles. The van der Waals surface area contributed by atoms with Crippen molar-refractivity contribution in [1.82, 2.24) is 19.7 Å². The van der Waals surface area contributed by atoms with Gasteiger partial charge in [-0.15, -0.1) is 0 Å². The smallest absolute Gasteiger partial charge is 0.291 e. The number of nitrogens with one attached hydrogen (secondary N) is 1. The molecule has 6 heteroatoms.